The van der Waals surface area contributed by atoms with Crippen LogP contribution in [0.5, 0.6) is 5.88 Å². The Hall–Kier alpha value is -2.36. The monoisotopic (exact) mass is 284 g/mol. The number of amides is 1. The maximum atomic E-state index is 12.1. The third-order valence-electron chi connectivity index (χ3n) is 3.06. The van der Waals surface area contributed by atoms with Gasteiger partial charge in [0.2, 0.25) is 5.88 Å². The van der Waals surface area contributed by atoms with Crippen LogP contribution in [0.1, 0.15) is 35.3 Å². The number of rotatable bonds is 5. The van der Waals surface area contributed by atoms with Gasteiger partial charge in [-0.3, -0.25) is 4.79 Å². The zero-order chi connectivity index (χ0) is 15.2. The lowest BCUT2D eigenvalue weighted by molar-refractivity contribution is 0.0950. The summed E-state index contributed by atoms with van der Waals surface area (Å²) in [4.78, 5) is 16.2. The van der Waals surface area contributed by atoms with E-state index in [4.69, 9.17) is 4.74 Å². The van der Waals surface area contributed by atoms with Crippen molar-refractivity contribution >= 4 is 5.91 Å². The molecule has 0 bridgehead atoms. The Labute approximate surface area is 125 Å². The molecule has 0 radical (unpaired) electrons. The molecule has 2 aromatic rings. The number of benzene rings is 1. The highest BCUT2D eigenvalue weighted by Crippen LogP contribution is 2.10. The predicted octanol–water partition coefficient (Wildman–Crippen LogP) is 3.11. The van der Waals surface area contributed by atoms with Crippen molar-refractivity contribution in [2.45, 2.75) is 33.4 Å². The van der Waals surface area contributed by atoms with Gasteiger partial charge in [-0.25, -0.2) is 4.98 Å². The average Bonchev–Trinajstić information content (AvgIpc) is 2.46. The van der Waals surface area contributed by atoms with Crippen LogP contribution < -0.4 is 10.1 Å². The van der Waals surface area contributed by atoms with Gasteiger partial charge in [-0.1, -0.05) is 24.3 Å². The molecule has 0 aliphatic carbocycles. The molecule has 0 saturated carbocycles. The molecule has 1 aromatic carbocycles. The summed E-state index contributed by atoms with van der Waals surface area (Å²) in [6.07, 6.45) is 1.60. The molecule has 21 heavy (non-hydrogen) atoms. The summed E-state index contributed by atoms with van der Waals surface area (Å²) in [5, 5.41) is 2.90. The number of hydrogen-bond acceptors (Lipinski definition) is 3. The minimum Gasteiger partial charge on any atom is -0.475 e. The van der Waals surface area contributed by atoms with Gasteiger partial charge >= 0.3 is 0 Å². The van der Waals surface area contributed by atoms with E-state index in [1.807, 2.05) is 45.0 Å². The van der Waals surface area contributed by atoms with E-state index in [2.05, 4.69) is 10.3 Å². The van der Waals surface area contributed by atoms with Crippen molar-refractivity contribution in [1.29, 1.82) is 0 Å². The first-order valence-electron chi connectivity index (χ1n) is 7.01. The second-order valence-corrected chi connectivity index (χ2v) is 5.16. The minimum absolute atomic E-state index is 0.0678. The molecule has 1 aromatic heterocycles. The minimum atomic E-state index is -0.137. The van der Waals surface area contributed by atoms with E-state index < -0.39 is 0 Å². The van der Waals surface area contributed by atoms with Crippen molar-refractivity contribution in [3.63, 3.8) is 0 Å². The fourth-order valence-corrected chi connectivity index (χ4v) is 1.91. The molecule has 0 fully saturated rings. The van der Waals surface area contributed by atoms with Crippen LogP contribution in [0.4, 0.5) is 0 Å². The summed E-state index contributed by atoms with van der Waals surface area (Å²) in [6, 6.07) is 11.4. The van der Waals surface area contributed by atoms with Crippen LogP contribution in [0.15, 0.2) is 42.6 Å². The Morgan fingerprint density at radius 2 is 2.00 bits per heavy atom. The standard InChI is InChI=1S/C17H20N2O2/c1-12(2)21-16-9-8-15(11-18-16)17(20)19-10-14-7-5-4-6-13(14)3/h4-9,11-12H,10H2,1-3H3,(H,19,20). The molecule has 1 amide bonds. The number of nitrogens with one attached hydrogen (secondary N) is 1. The first kappa shape index (κ1) is 15.0. The van der Waals surface area contributed by atoms with Gasteiger partial charge in [-0.2, -0.15) is 0 Å². The molecule has 1 heterocycles. The smallest absolute Gasteiger partial charge is 0.253 e. The van der Waals surface area contributed by atoms with Crippen LogP contribution >= 0.6 is 0 Å². The maximum Gasteiger partial charge on any atom is 0.253 e. The summed E-state index contributed by atoms with van der Waals surface area (Å²) < 4.78 is 5.45. The van der Waals surface area contributed by atoms with Gasteiger partial charge in [-0.15, -0.1) is 0 Å². The third-order valence-corrected chi connectivity index (χ3v) is 3.06. The van der Waals surface area contributed by atoms with Crippen LogP contribution in [0.2, 0.25) is 0 Å². The molecule has 0 saturated heterocycles. The lowest BCUT2D eigenvalue weighted by atomic mass is 10.1. The molecule has 4 heteroatoms. The first-order valence-corrected chi connectivity index (χ1v) is 7.01. The lowest BCUT2D eigenvalue weighted by Crippen LogP contribution is -2.23. The van der Waals surface area contributed by atoms with Crippen LogP contribution in [0.25, 0.3) is 0 Å². The number of nitrogens with zero attached hydrogens (tertiary/aromatic N) is 1. The number of ether oxygens (including phenoxy) is 1. The quantitative estimate of drug-likeness (QED) is 0.918. The van der Waals surface area contributed by atoms with Gasteiger partial charge in [0, 0.05) is 18.8 Å². The molecular formula is C17H20N2O2. The molecule has 0 unspecified atom stereocenters. The summed E-state index contributed by atoms with van der Waals surface area (Å²) in [5.41, 5.74) is 2.80. The molecule has 0 spiro atoms. The fraction of sp³-hybridized carbons (Fsp3) is 0.294. The van der Waals surface area contributed by atoms with Crippen molar-refractivity contribution in [3.05, 3.63) is 59.3 Å². The van der Waals surface area contributed by atoms with Crippen LogP contribution in [-0.2, 0) is 6.54 Å². The molecule has 0 aliphatic heterocycles. The van der Waals surface area contributed by atoms with E-state index in [1.165, 1.54) is 6.20 Å². The van der Waals surface area contributed by atoms with E-state index in [1.54, 1.807) is 12.1 Å². The molecule has 2 rings (SSSR count). The topological polar surface area (TPSA) is 51.2 Å². The molecule has 4 nitrogen and oxygen atoms in total. The number of carbonyl (C=O) groups is 1. The van der Waals surface area contributed by atoms with Crippen LogP contribution in [-0.4, -0.2) is 17.0 Å². The zero-order valence-corrected chi connectivity index (χ0v) is 12.6. The summed E-state index contributed by atoms with van der Waals surface area (Å²) in [6.45, 7) is 6.41. The predicted molar refractivity (Wildman–Crippen MR) is 82.4 cm³/mol. The van der Waals surface area contributed by atoms with Gasteiger partial charge in [0.15, 0.2) is 0 Å². The number of aromatic nitrogens is 1. The summed E-state index contributed by atoms with van der Waals surface area (Å²) in [7, 11) is 0. The van der Waals surface area contributed by atoms with Crippen molar-refractivity contribution in [1.82, 2.24) is 10.3 Å². The molecular weight excluding hydrogens is 264 g/mol. The van der Waals surface area contributed by atoms with Crippen molar-refractivity contribution in [3.8, 4) is 5.88 Å². The van der Waals surface area contributed by atoms with E-state index in [9.17, 15) is 4.79 Å². The molecule has 1 N–H and O–H groups in total. The van der Waals surface area contributed by atoms with Crippen LogP contribution in [0, 0.1) is 6.92 Å². The second-order valence-electron chi connectivity index (χ2n) is 5.16. The van der Waals surface area contributed by atoms with Gasteiger partial charge in [0.1, 0.15) is 0 Å². The number of hydrogen-bond donors (Lipinski definition) is 1. The van der Waals surface area contributed by atoms with Gasteiger partial charge in [0.05, 0.1) is 11.7 Å². The highest BCUT2D eigenvalue weighted by Gasteiger charge is 2.07. The van der Waals surface area contributed by atoms with Gasteiger partial charge in [0.25, 0.3) is 5.91 Å². The van der Waals surface area contributed by atoms with E-state index in [0.717, 1.165) is 11.1 Å². The fourth-order valence-electron chi connectivity index (χ4n) is 1.91. The highest BCUT2D eigenvalue weighted by molar-refractivity contribution is 5.93. The Kier molecular flexibility index (Phi) is 4.93. The number of aryl methyl sites for hydroxylation is 1. The Balaban J connectivity index is 1.96. The molecule has 0 atom stereocenters. The maximum absolute atomic E-state index is 12.1. The second kappa shape index (κ2) is 6.88. The lowest BCUT2D eigenvalue weighted by Gasteiger charge is -2.10. The van der Waals surface area contributed by atoms with Crippen molar-refractivity contribution in [2.75, 3.05) is 0 Å². The van der Waals surface area contributed by atoms with E-state index >= 15 is 0 Å². The summed E-state index contributed by atoms with van der Waals surface area (Å²) >= 11 is 0. The molecule has 110 valence electrons. The van der Waals surface area contributed by atoms with Gasteiger partial charge < -0.3 is 10.1 Å². The average molecular weight is 284 g/mol. The van der Waals surface area contributed by atoms with E-state index in [0.29, 0.717) is 18.0 Å². The number of carbonyl (C=O) groups excluding carboxylic acids is 1. The Bertz CT molecular complexity index is 606. The third kappa shape index (κ3) is 4.31. The first-order chi connectivity index (χ1) is 10.1. The Morgan fingerprint density at radius 1 is 1.24 bits per heavy atom. The van der Waals surface area contributed by atoms with Gasteiger partial charge in [-0.05, 0) is 38.0 Å². The van der Waals surface area contributed by atoms with E-state index in [-0.39, 0.29) is 12.0 Å². The van der Waals surface area contributed by atoms with Crippen molar-refractivity contribution < 1.29 is 9.53 Å². The SMILES string of the molecule is Cc1ccccc1CNC(=O)c1ccc(OC(C)C)nc1. The van der Waals surface area contributed by atoms with Crippen LogP contribution in [0.3, 0.4) is 0 Å². The summed E-state index contributed by atoms with van der Waals surface area (Å²) in [5.74, 6) is 0.391. The highest BCUT2D eigenvalue weighted by atomic mass is 16.5. The van der Waals surface area contributed by atoms with Crippen molar-refractivity contribution in [2.24, 2.45) is 0 Å². The molecule has 0 aliphatic rings. The largest absolute Gasteiger partial charge is 0.475 e. The zero-order valence-electron chi connectivity index (χ0n) is 12.6. The number of pyridine rings is 1. The Morgan fingerprint density at radius 3 is 2.62 bits per heavy atom. The normalized spacial score (nSPS) is 10.5.